The molecule has 1 aromatic rings. The fraction of sp³-hybridized carbons (Fsp3) is 0.667. The van der Waals surface area contributed by atoms with Crippen LogP contribution in [0.1, 0.15) is 71.2 Å². The number of benzene rings is 1. The zero-order valence-corrected chi connectivity index (χ0v) is 21.0. The van der Waals surface area contributed by atoms with Crippen molar-refractivity contribution in [2.75, 3.05) is 13.1 Å². The molecule has 1 saturated carbocycles. The Morgan fingerprint density at radius 2 is 1.78 bits per heavy atom. The number of rotatable bonds is 9. The van der Waals surface area contributed by atoms with E-state index < -0.39 is 22.0 Å². The van der Waals surface area contributed by atoms with E-state index in [-0.39, 0.29) is 28.3 Å². The van der Waals surface area contributed by atoms with E-state index in [4.69, 9.17) is 0 Å². The highest BCUT2D eigenvalue weighted by molar-refractivity contribution is 7.89. The van der Waals surface area contributed by atoms with Gasteiger partial charge in [0.1, 0.15) is 6.04 Å². The zero-order valence-electron chi connectivity index (χ0n) is 20.2. The van der Waals surface area contributed by atoms with Gasteiger partial charge in [0.15, 0.2) is 0 Å². The smallest absolute Gasteiger partial charge is 0.251 e. The molecule has 1 aliphatic rings. The summed E-state index contributed by atoms with van der Waals surface area (Å²) in [6.45, 7) is 12.4. The quantitative estimate of drug-likeness (QED) is 0.584. The monoisotopic (exact) mass is 465 g/mol. The van der Waals surface area contributed by atoms with Gasteiger partial charge in [0.2, 0.25) is 15.9 Å². The SMILES string of the molecule is CCN(CC)S(=O)(=O)c1cccc(C(=O)NC(C(=O)NC2CCCC(C)C2C)C(C)C)c1. The summed E-state index contributed by atoms with van der Waals surface area (Å²) >= 11 is 0. The molecule has 1 fully saturated rings. The molecular weight excluding hydrogens is 426 g/mol. The van der Waals surface area contributed by atoms with Crippen molar-refractivity contribution in [3.8, 4) is 0 Å². The molecule has 2 N–H and O–H groups in total. The fourth-order valence-electron chi connectivity index (χ4n) is 4.33. The van der Waals surface area contributed by atoms with E-state index in [1.54, 1.807) is 26.0 Å². The first-order valence-electron chi connectivity index (χ1n) is 11.7. The van der Waals surface area contributed by atoms with Crippen molar-refractivity contribution in [3.63, 3.8) is 0 Å². The Bertz CT molecular complexity index is 896. The van der Waals surface area contributed by atoms with Gasteiger partial charge in [-0.25, -0.2) is 8.42 Å². The molecule has 0 radical (unpaired) electrons. The number of nitrogens with zero attached hydrogens (tertiary/aromatic N) is 1. The van der Waals surface area contributed by atoms with Crippen molar-refractivity contribution in [2.24, 2.45) is 17.8 Å². The largest absolute Gasteiger partial charge is 0.351 e. The standard InChI is InChI=1S/C24H39N3O4S/c1-7-27(8-2)32(30,31)20-13-10-12-19(15-20)23(28)26-22(16(3)4)24(29)25-21-14-9-11-17(5)18(21)6/h10,12-13,15-18,21-22H,7-9,11,14H2,1-6H3,(H,25,29)(H,26,28). The molecule has 0 aromatic heterocycles. The predicted octanol–water partition coefficient (Wildman–Crippen LogP) is 3.41. The average molecular weight is 466 g/mol. The van der Waals surface area contributed by atoms with E-state index in [1.165, 1.54) is 22.9 Å². The summed E-state index contributed by atoms with van der Waals surface area (Å²) in [5.41, 5.74) is 0.219. The minimum absolute atomic E-state index is 0.0735. The Labute approximate surface area is 193 Å². The summed E-state index contributed by atoms with van der Waals surface area (Å²) in [5, 5.41) is 5.97. The third-order valence-electron chi connectivity index (χ3n) is 6.71. The Hall–Kier alpha value is -1.93. The van der Waals surface area contributed by atoms with E-state index in [0.29, 0.717) is 24.9 Å². The van der Waals surface area contributed by atoms with Gasteiger partial charge in [0.05, 0.1) is 4.90 Å². The molecule has 2 rings (SSSR count). The number of hydrogen-bond donors (Lipinski definition) is 2. The molecular formula is C24H39N3O4S. The summed E-state index contributed by atoms with van der Waals surface area (Å²) < 4.78 is 27.0. The molecule has 0 heterocycles. The molecule has 1 aliphatic carbocycles. The molecule has 0 aliphatic heterocycles. The maximum Gasteiger partial charge on any atom is 0.251 e. The van der Waals surface area contributed by atoms with Gasteiger partial charge in [-0.1, -0.05) is 60.5 Å². The van der Waals surface area contributed by atoms with Gasteiger partial charge in [-0.2, -0.15) is 4.31 Å². The fourth-order valence-corrected chi connectivity index (χ4v) is 5.83. The maximum absolute atomic E-state index is 13.0. The summed E-state index contributed by atoms with van der Waals surface area (Å²) in [5.74, 6) is 0.180. The second kappa shape index (κ2) is 11.3. The second-order valence-corrected chi connectivity index (χ2v) is 11.1. The van der Waals surface area contributed by atoms with Crippen LogP contribution >= 0.6 is 0 Å². The summed E-state index contributed by atoms with van der Waals surface area (Å²) in [4.78, 5) is 26.1. The van der Waals surface area contributed by atoms with Crippen molar-refractivity contribution in [2.45, 2.75) is 77.8 Å². The van der Waals surface area contributed by atoms with E-state index in [9.17, 15) is 18.0 Å². The first kappa shape index (κ1) is 26.3. The molecule has 4 atom stereocenters. The number of hydrogen-bond acceptors (Lipinski definition) is 4. The maximum atomic E-state index is 13.0. The Balaban J connectivity index is 2.17. The van der Waals surface area contributed by atoms with Crippen LogP contribution in [0.15, 0.2) is 29.2 Å². The van der Waals surface area contributed by atoms with Crippen molar-refractivity contribution in [1.82, 2.24) is 14.9 Å². The molecule has 0 saturated heterocycles. The third-order valence-corrected chi connectivity index (χ3v) is 8.76. The number of sulfonamides is 1. The van der Waals surface area contributed by atoms with Gasteiger partial charge < -0.3 is 10.6 Å². The van der Waals surface area contributed by atoms with Crippen LogP contribution in [0.5, 0.6) is 0 Å². The van der Waals surface area contributed by atoms with Crippen LogP contribution in [-0.2, 0) is 14.8 Å². The van der Waals surface area contributed by atoms with Crippen LogP contribution < -0.4 is 10.6 Å². The minimum atomic E-state index is -3.67. The summed E-state index contributed by atoms with van der Waals surface area (Å²) in [6, 6.07) is 5.39. The number of carbonyl (C=O) groups is 2. The summed E-state index contributed by atoms with van der Waals surface area (Å²) in [6.07, 6.45) is 3.20. The first-order valence-corrected chi connectivity index (χ1v) is 13.2. The Morgan fingerprint density at radius 1 is 1.12 bits per heavy atom. The molecule has 2 amide bonds. The Morgan fingerprint density at radius 3 is 2.38 bits per heavy atom. The molecule has 4 unspecified atom stereocenters. The first-order chi connectivity index (χ1) is 15.0. The van der Waals surface area contributed by atoms with Crippen LogP contribution in [-0.4, -0.2) is 49.7 Å². The lowest BCUT2D eigenvalue weighted by Gasteiger charge is -2.36. The number of nitrogens with one attached hydrogen (secondary N) is 2. The molecule has 32 heavy (non-hydrogen) atoms. The van der Waals surface area contributed by atoms with Gasteiger partial charge in [0.25, 0.3) is 5.91 Å². The van der Waals surface area contributed by atoms with E-state index >= 15 is 0 Å². The minimum Gasteiger partial charge on any atom is -0.351 e. The molecule has 0 bridgehead atoms. The van der Waals surface area contributed by atoms with Gasteiger partial charge in [-0.15, -0.1) is 0 Å². The topological polar surface area (TPSA) is 95.6 Å². The van der Waals surface area contributed by atoms with Crippen LogP contribution in [0.4, 0.5) is 0 Å². The van der Waals surface area contributed by atoms with Crippen LogP contribution in [0.2, 0.25) is 0 Å². The second-order valence-electron chi connectivity index (χ2n) is 9.19. The highest BCUT2D eigenvalue weighted by Gasteiger charge is 2.32. The van der Waals surface area contributed by atoms with E-state index in [2.05, 4.69) is 24.5 Å². The zero-order chi connectivity index (χ0) is 24.1. The van der Waals surface area contributed by atoms with Crippen molar-refractivity contribution in [1.29, 1.82) is 0 Å². The van der Waals surface area contributed by atoms with E-state index in [0.717, 1.165) is 12.8 Å². The summed E-state index contributed by atoms with van der Waals surface area (Å²) in [7, 11) is -3.67. The van der Waals surface area contributed by atoms with Crippen molar-refractivity contribution < 1.29 is 18.0 Å². The highest BCUT2D eigenvalue weighted by atomic mass is 32.2. The van der Waals surface area contributed by atoms with Crippen LogP contribution in [0, 0.1) is 17.8 Å². The predicted molar refractivity (Wildman–Crippen MR) is 127 cm³/mol. The third kappa shape index (κ3) is 6.10. The molecule has 0 spiro atoms. The Kier molecular flexibility index (Phi) is 9.28. The van der Waals surface area contributed by atoms with Gasteiger partial charge in [-0.05, 0) is 42.4 Å². The normalized spacial score (nSPS) is 22.6. The van der Waals surface area contributed by atoms with Gasteiger partial charge in [0, 0.05) is 24.7 Å². The molecule has 8 heteroatoms. The average Bonchev–Trinajstić information content (AvgIpc) is 2.75. The lowest BCUT2D eigenvalue weighted by molar-refractivity contribution is -0.125. The molecule has 7 nitrogen and oxygen atoms in total. The van der Waals surface area contributed by atoms with Crippen molar-refractivity contribution >= 4 is 21.8 Å². The van der Waals surface area contributed by atoms with Crippen LogP contribution in [0.25, 0.3) is 0 Å². The van der Waals surface area contributed by atoms with Crippen LogP contribution in [0.3, 0.4) is 0 Å². The lowest BCUT2D eigenvalue weighted by Crippen LogP contribution is -2.54. The number of amides is 2. The highest BCUT2D eigenvalue weighted by Crippen LogP contribution is 2.29. The van der Waals surface area contributed by atoms with Crippen molar-refractivity contribution in [3.05, 3.63) is 29.8 Å². The lowest BCUT2D eigenvalue weighted by atomic mass is 9.78. The number of carbonyl (C=O) groups excluding carboxylic acids is 2. The molecule has 1 aromatic carbocycles. The van der Waals surface area contributed by atoms with Gasteiger partial charge >= 0.3 is 0 Å². The van der Waals surface area contributed by atoms with Gasteiger partial charge in [-0.3, -0.25) is 9.59 Å². The van der Waals surface area contributed by atoms with E-state index in [1.807, 2.05) is 13.8 Å². The molecule has 180 valence electrons.